The number of ether oxygens (including phenoxy) is 12. The van der Waals surface area contributed by atoms with E-state index in [0.717, 1.165) is 76.7 Å². The second-order valence-corrected chi connectivity index (χ2v) is 28.9. The molecule has 1 aliphatic rings. The summed E-state index contributed by atoms with van der Waals surface area (Å²) in [6.07, 6.45) is 51.9. The molecule has 0 aromatic heterocycles. The maximum atomic E-state index is 6.73. The van der Waals surface area contributed by atoms with Crippen LogP contribution >= 0.6 is 0 Å². The van der Waals surface area contributed by atoms with E-state index in [9.17, 15) is 0 Å². The standard InChI is InChI=1S/C91H142N2O12/c1-5-9-13-17-21-25-29-33-37-41-56-98-87-53-45-78(71-90(87)100-58-43-39-35-31-27-23-19-15-11-7-3)75-104-85-69-80(77-103-84-51-49-82(50-52-84)92-93-83-48-47-81-55-60-94-61-62-95-63-64-96-65-66-97-67-68-102-89(81)73-83)70-86(74-85)105-76-79-46-54-88(99-57-42-38-34-30-26-22-18-14-10-6-2)91(72-79)101-59-44-40-36-32-28-24-20-16-12-8-4/h45-54,69-74H,5-44,55-68,75-77H2,1-4H3. The van der Waals surface area contributed by atoms with Crippen LogP contribution in [-0.2, 0) is 45.2 Å². The predicted molar refractivity (Wildman–Crippen MR) is 431 cm³/mol. The minimum absolute atomic E-state index is 0.269. The summed E-state index contributed by atoms with van der Waals surface area (Å²) in [5.74, 6) is 5.91. The molecule has 0 amide bonds. The summed E-state index contributed by atoms with van der Waals surface area (Å²) in [6.45, 7) is 17.2. The van der Waals surface area contributed by atoms with E-state index in [2.05, 4.69) is 74.3 Å². The van der Waals surface area contributed by atoms with E-state index in [1.165, 1.54) is 231 Å². The van der Waals surface area contributed by atoms with Gasteiger partial charge in [0.2, 0.25) is 0 Å². The lowest BCUT2D eigenvalue weighted by Crippen LogP contribution is -2.13. The minimum Gasteiger partial charge on any atom is -0.491 e. The first-order valence-electron chi connectivity index (χ1n) is 42.4. The Labute approximate surface area is 637 Å². The van der Waals surface area contributed by atoms with Crippen molar-refractivity contribution in [1.29, 1.82) is 0 Å². The molecule has 5 aromatic rings. The lowest BCUT2D eigenvalue weighted by molar-refractivity contribution is -0.00347. The molecule has 0 saturated heterocycles. The molecule has 0 N–H and O–H groups in total. The van der Waals surface area contributed by atoms with Crippen LogP contribution in [0, 0.1) is 0 Å². The monoisotopic (exact) mass is 1460 g/mol. The summed E-state index contributed by atoms with van der Waals surface area (Å²) >= 11 is 0. The zero-order valence-corrected chi connectivity index (χ0v) is 66.3. The highest BCUT2D eigenvalue weighted by Gasteiger charge is 2.15. The molecule has 14 heteroatoms. The van der Waals surface area contributed by atoms with Crippen molar-refractivity contribution >= 4 is 11.4 Å². The number of hydrogen-bond donors (Lipinski definition) is 0. The predicted octanol–water partition coefficient (Wildman–Crippen LogP) is 26.0. The van der Waals surface area contributed by atoms with Gasteiger partial charge in [0.25, 0.3) is 0 Å². The van der Waals surface area contributed by atoms with Crippen molar-refractivity contribution in [1.82, 2.24) is 0 Å². The van der Waals surface area contributed by atoms with Crippen LogP contribution in [0.4, 0.5) is 11.4 Å². The molecule has 0 unspecified atom stereocenters. The van der Waals surface area contributed by atoms with Gasteiger partial charge in [-0.15, -0.1) is 0 Å². The van der Waals surface area contributed by atoms with Crippen molar-refractivity contribution < 1.29 is 56.8 Å². The van der Waals surface area contributed by atoms with Crippen LogP contribution in [0.15, 0.2) is 107 Å². The molecule has 14 nitrogen and oxygen atoms in total. The van der Waals surface area contributed by atoms with Crippen molar-refractivity contribution in [3.63, 3.8) is 0 Å². The Balaban J connectivity index is 1.15. The van der Waals surface area contributed by atoms with E-state index in [1.807, 2.05) is 60.7 Å². The number of fused-ring (bicyclic) bond motifs is 1. The van der Waals surface area contributed by atoms with Crippen molar-refractivity contribution in [2.45, 2.75) is 311 Å². The fourth-order valence-electron chi connectivity index (χ4n) is 13.0. The average molecular weight is 1460 g/mol. The highest BCUT2D eigenvalue weighted by Crippen LogP contribution is 2.35. The molecule has 1 heterocycles. The normalized spacial score (nSPS) is 13.3. The van der Waals surface area contributed by atoms with Crippen LogP contribution in [-0.4, -0.2) is 85.9 Å². The fourth-order valence-corrected chi connectivity index (χ4v) is 13.0. The van der Waals surface area contributed by atoms with Crippen LogP contribution < -0.4 is 37.9 Å². The highest BCUT2D eigenvalue weighted by molar-refractivity contribution is 5.50. The molecule has 0 bridgehead atoms. The van der Waals surface area contributed by atoms with Gasteiger partial charge < -0.3 is 56.8 Å². The first kappa shape index (κ1) is 87.8. The average Bonchev–Trinajstić information content (AvgIpc) is 0.871. The number of benzene rings is 5. The number of rotatable bonds is 59. The van der Waals surface area contributed by atoms with Crippen LogP contribution in [0.2, 0.25) is 0 Å². The third-order valence-electron chi connectivity index (χ3n) is 19.5. The van der Waals surface area contributed by atoms with Gasteiger partial charge in [0.05, 0.1) is 90.7 Å². The van der Waals surface area contributed by atoms with Crippen LogP contribution in [0.1, 0.15) is 307 Å². The lowest BCUT2D eigenvalue weighted by Gasteiger charge is -2.17. The third kappa shape index (κ3) is 42.9. The van der Waals surface area contributed by atoms with E-state index in [0.29, 0.717) is 134 Å². The van der Waals surface area contributed by atoms with Crippen molar-refractivity contribution in [3.05, 3.63) is 119 Å². The van der Waals surface area contributed by atoms with Gasteiger partial charge in [-0.05, 0) is 121 Å². The summed E-state index contributed by atoms with van der Waals surface area (Å²) in [6, 6.07) is 32.2. The fraction of sp³-hybridized carbons (Fsp3) is 0.670. The van der Waals surface area contributed by atoms with Crippen molar-refractivity contribution in [3.8, 4) is 46.0 Å². The SMILES string of the molecule is CCCCCCCCCCCCOc1ccc(COc2cc(COc3ccc(N=Nc4ccc5c(c4)OCCOCCOCCOCCOCC5)cc3)cc(OCc3ccc(OCCCCCCCCCCCC)c(OCCCCCCCCCCCC)c3)c2)cc1OCCCCCCCCCCCC. The second kappa shape index (κ2) is 60.9. The zero-order chi connectivity index (χ0) is 73.6. The quantitative estimate of drug-likeness (QED) is 0.0271. The summed E-state index contributed by atoms with van der Waals surface area (Å²) in [7, 11) is 0. The first-order valence-corrected chi connectivity index (χ1v) is 42.4. The van der Waals surface area contributed by atoms with E-state index >= 15 is 0 Å². The molecule has 5 aromatic carbocycles. The third-order valence-corrected chi connectivity index (χ3v) is 19.5. The van der Waals surface area contributed by atoms with Crippen LogP contribution in [0.5, 0.6) is 46.0 Å². The van der Waals surface area contributed by atoms with Gasteiger partial charge >= 0.3 is 0 Å². The molecule has 0 saturated carbocycles. The highest BCUT2D eigenvalue weighted by atomic mass is 16.6. The number of unbranched alkanes of at least 4 members (excludes halogenated alkanes) is 36. The Morgan fingerprint density at radius 3 is 0.981 bits per heavy atom. The summed E-state index contributed by atoms with van der Waals surface area (Å²) in [5, 5.41) is 9.20. The number of nitrogens with zero attached hydrogens (tertiary/aromatic N) is 2. The van der Waals surface area contributed by atoms with Crippen molar-refractivity contribution in [2.75, 3.05) is 85.9 Å². The van der Waals surface area contributed by atoms with Gasteiger partial charge in [-0.3, -0.25) is 0 Å². The van der Waals surface area contributed by atoms with E-state index < -0.39 is 0 Å². The Morgan fingerprint density at radius 2 is 0.581 bits per heavy atom. The smallest absolute Gasteiger partial charge is 0.161 e. The molecule has 0 spiro atoms. The molecule has 6 rings (SSSR count). The molecule has 588 valence electrons. The van der Waals surface area contributed by atoms with E-state index in [1.54, 1.807) is 0 Å². The zero-order valence-electron chi connectivity index (χ0n) is 66.3. The molecule has 0 aliphatic carbocycles. The first-order chi connectivity index (χ1) is 52.0. The van der Waals surface area contributed by atoms with Crippen LogP contribution in [0.3, 0.4) is 0 Å². The topological polar surface area (TPSA) is 135 Å². The molecule has 1 aliphatic heterocycles. The molecular weight excluding hydrogens is 1310 g/mol. The largest absolute Gasteiger partial charge is 0.491 e. The van der Waals surface area contributed by atoms with Gasteiger partial charge in [0.1, 0.15) is 49.4 Å². The Kier molecular flexibility index (Phi) is 50.9. The maximum absolute atomic E-state index is 6.73. The summed E-state index contributed by atoms with van der Waals surface area (Å²) in [4.78, 5) is 0. The summed E-state index contributed by atoms with van der Waals surface area (Å²) < 4.78 is 75.2. The van der Waals surface area contributed by atoms with Gasteiger partial charge in [-0.25, -0.2) is 0 Å². The van der Waals surface area contributed by atoms with Crippen LogP contribution in [0.25, 0.3) is 0 Å². The minimum atomic E-state index is 0.269. The molecule has 0 atom stereocenters. The van der Waals surface area contributed by atoms with Gasteiger partial charge in [0, 0.05) is 12.1 Å². The van der Waals surface area contributed by atoms with Gasteiger partial charge in [0.15, 0.2) is 23.0 Å². The van der Waals surface area contributed by atoms with Gasteiger partial charge in [-0.1, -0.05) is 277 Å². The second-order valence-electron chi connectivity index (χ2n) is 28.9. The number of hydrogen-bond acceptors (Lipinski definition) is 14. The number of azo groups is 1. The maximum Gasteiger partial charge on any atom is 0.161 e. The Bertz CT molecular complexity index is 2800. The van der Waals surface area contributed by atoms with E-state index in [4.69, 9.17) is 56.8 Å². The summed E-state index contributed by atoms with van der Waals surface area (Å²) in [5.41, 5.74) is 5.27. The van der Waals surface area contributed by atoms with Gasteiger partial charge in [-0.2, -0.15) is 10.2 Å². The Morgan fingerprint density at radius 1 is 0.257 bits per heavy atom. The van der Waals surface area contributed by atoms with Crippen molar-refractivity contribution in [2.24, 2.45) is 10.2 Å². The molecule has 0 fully saturated rings. The molecule has 0 radical (unpaired) electrons. The van der Waals surface area contributed by atoms with E-state index in [-0.39, 0.29) is 6.61 Å². The molecule has 105 heavy (non-hydrogen) atoms. The lowest BCUT2D eigenvalue weighted by atomic mass is 10.1. The Hall–Kier alpha value is -6.06. The molecular formula is C91H142N2O12.